The van der Waals surface area contributed by atoms with E-state index in [4.69, 9.17) is 5.73 Å². The lowest BCUT2D eigenvalue weighted by atomic mass is 10.1. The standard InChI is InChI=1S/C7H15N5O2S/c1-7(2,3)12-15(13,14)11-6-5(8)4-9-10-6/h4,12H,8H2,1-3H3,(H2,9,10,11). The summed E-state index contributed by atoms with van der Waals surface area (Å²) in [6.45, 7) is 5.22. The summed E-state index contributed by atoms with van der Waals surface area (Å²) in [6, 6.07) is 0. The van der Waals surface area contributed by atoms with E-state index in [1.807, 2.05) is 0 Å². The van der Waals surface area contributed by atoms with Gasteiger partial charge in [-0.25, -0.2) is 0 Å². The van der Waals surface area contributed by atoms with E-state index in [1.54, 1.807) is 20.8 Å². The maximum Gasteiger partial charge on any atom is 0.300 e. The van der Waals surface area contributed by atoms with Crippen molar-refractivity contribution in [2.75, 3.05) is 10.5 Å². The van der Waals surface area contributed by atoms with Gasteiger partial charge in [-0.1, -0.05) is 0 Å². The van der Waals surface area contributed by atoms with Gasteiger partial charge in [-0.15, -0.1) is 0 Å². The van der Waals surface area contributed by atoms with Crippen molar-refractivity contribution in [2.45, 2.75) is 26.3 Å². The lowest BCUT2D eigenvalue weighted by Crippen LogP contribution is -2.43. The van der Waals surface area contributed by atoms with E-state index in [1.165, 1.54) is 6.20 Å². The fourth-order valence-corrected chi connectivity index (χ4v) is 2.23. The van der Waals surface area contributed by atoms with Gasteiger partial charge < -0.3 is 5.73 Å². The Balaban J connectivity index is 2.78. The van der Waals surface area contributed by atoms with Crippen LogP contribution in [0.15, 0.2) is 6.20 Å². The van der Waals surface area contributed by atoms with Gasteiger partial charge in [0.05, 0.1) is 11.9 Å². The molecule has 0 fully saturated rings. The predicted octanol–water partition coefficient (Wildman–Crippen LogP) is 0.0367. The van der Waals surface area contributed by atoms with Crippen LogP contribution in [-0.2, 0) is 10.2 Å². The number of nitrogens with zero attached hydrogens (tertiary/aromatic N) is 1. The average molecular weight is 233 g/mol. The Bertz CT molecular complexity index is 430. The van der Waals surface area contributed by atoms with Gasteiger partial charge in [0.2, 0.25) is 0 Å². The maximum atomic E-state index is 11.5. The monoisotopic (exact) mass is 233 g/mol. The van der Waals surface area contributed by atoms with Crippen molar-refractivity contribution in [3.63, 3.8) is 0 Å². The summed E-state index contributed by atoms with van der Waals surface area (Å²) in [5.41, 5.74) is 5.15. The van der Waals surface area contributed by atoms with Crippen LogP contribution in [0.5, 0.6) is 0 Å². The van der Waals surface area contributed by atoms with Gasteiger partial charge in [0, 0.05) is 5.54 Å². The molecule has 0 aliphatic heterocycles. The molecule has 0 aliphatic carbocycles. The zero-order valence-electron chi connectivity index (χ0n) is 8.83. The number of nitrogens with two attached hydrogens (primary N) is 1. The third-order valence-electron chi connectivity index (χ3n) is 1.35. The van der Waals surface area contributed by atoms with Gasteiger partial charge >= 0.3 is 10.2 Å². The predicted molar refractivity (Wildman–Crippen MR) is 58.4 cm³/mol. The molecule has 0 radical (unpaired) electrons. The van der Waals surface area contributed by atoms with Gasteiger partial charge in [0.15, 0.2) is 5.82 Å². The number of anilines is 2. The van der Waals surface area contributed by atoms with Gasteiger partial charge in [-0.2, -0.15) is 18.2 Å². The molecule has 0 amide bonds. The Labute approximate surface area is 88.6 Å². The third-order valence-corrected chi connectivity index (χ3v) is 2.70. The molecule has 15 heavy (non-hydrogen) atoms. The lowest BCUT2D eigenvalue weighted by molar-refractivity contribution is 0.494. The highest BCUT2D eigenvalue weighted by Gasteiger charge is 2.20. The lowest BCUT2D eigenvalue weighted by Gasteiger charge is -2.20. The number of aromatic amines is 1. The average Bonchev–Trinajstić information content (AvgIpc) is 2.29. The first-order valence-corrected chi connectivity index (χ1v) is 5.78. The number of aromatic nitrogens is 2. The van der Waals surface area contributed by atoms with E-state index >= 15 is 0 Å². The molecule has 86 valence electrons. The molecule has 0 bridgehead atoms. The van der Waals surface area contributed by atoms with E-state index in [-0.39, 0.29) is 11.5 Å². The molecule has 8 heteroatoms. The summed E-state index contributed by atoms with van der Waals surface area (Å²) in [6.07, 6.45) is 1.33. The Morgan fingerprint density at radius 1 is 1.47 bits per heavy atom. The maximum absolute atomic E-state index is 11.5. The summed E-state index contributed by atoms with van der Waals surface area (Å²) in [4.78, 5) is 0. The second kappa shape index (κ2) is 3.70. The van der Waals surface area contributed by atoms with Crippen LogP contribution in [0.2, 0.25) is 0 Å². The molecule has 0 aromatic carbocycles. The van der Waals surface area contributed by atoms with Crippen LogP contribution in [0.3, 0.4) is 0 Å². The van der Waals surface area contributed by atoms with Gasteiger partial charge in [0.1, 0.15) is 0 Å². The fraction of sp³-hybridized carbons (Fsp3) is 0.571. The summed E-state index contributed by atoms with van der Waals surface area (Å²) < 4.78 is 27.7. The highest BCUT2D eigenvalue weighted by molar-refractivity contribution is 7.90. The topological polar surface area (TPSA) is 113 Å². The molecule has 0 spiro atoms. The molecule has 1 rings (SSSR count). The Morgan fingerprint density at radius 3 is 2.47 bits per heavy atom. The van der Waals surface area contributed by atoms with Crippen LogP contribution in [0, 0.1) is 0 Å². The molecule has 7 nitrogen and oxygen atoms in total. The van der Waals surface area contributed by atoms with Crippen molar-refractivity contribution in [1.82, 2.24) is 14.9 Å². The van der Waals surface area contributed by atoms with Crippen molar-refractivity contribution >= 4 is 21.7 Å². The van der Waals surface area contributed by atoms with E-state index in [0.717, 1.165) is 0 Å². The van der Waals surface area contributed by atoms with Crippen molar-refractivity contribution in [3.8, 4) is 0 Å². The normalized spacial score (nSPS) is 12.7. The highest BCUT2D eigenvalue weighted by atomic mass is 32.2. The molecule has 0 saturated carbocycles. The number of H-pyrrole nitrogens is 1. The number of nitrogens with one attached hydrogen (secondary N) is 3. The Kier molecular flexibility index (Phi) is 2.91. The third kappa shape index (κ3) is 3.76. The number of rotatable bonds is 3. The SMILES string of the molecule is CC(C)(C)NS(=O)(=O)Nc1[nH]ncc1N. The van der Waals surface area contributed by atoms with Crippen LogP contribution in [0.1, 0.15) is 20.8 Å². The zero-order valence-corrected chi connectivity index (χ0v) is 9.64. The summed E-state index contributed by atoms with van der Waals surface area (Å²) in [7, 11) is -3.64. The second-order valence-electron chi connectivity index (χ2n) is 4.16. The van der Waals surface area contributed by atoms with Crippen LogP contribution in [-0.4, -0.2) is 24.2 Å². The molecule has 0 unspecified atom stereocenters. The van der Waals surface area contributed by atoms with Crippen molar-refractivity contribution in [2.24, 2.45) is 0 Å². The first-order valence-electron chi connectivity index (χ1n) is 4.30. The van der Waals surface area contributed by atoms with Gasteiger partial charge in [-0.05, 0) is 20.8 Å². The van der Waals surface area contributed by atoms with Crippen LogP contribution >= 0.6 is 0 Å². The molecule has 1 aromatic rings. The Morgan fingerprint density at radius 2 is 2.07 bits per heavy atom. The smallest absolute Gasteiger partial charge is 0.300 e. The van der Waals surface area contributed by atoms with E-state index < -0.39 is 15.7 Å². The molecule has 1 heterocycles. The summed E-state index contributed by atoms with van der Waals surface area (Å²) >= 11 is 0. The fourth-order valence-electron chi connectivity index (χ4n) is 0.940. The van der Waals surface area contributed by atoms with Crippen molar-refractivity contribution < 1.29 is 8.42 Å². The van der Waals surface area contributed by atoms with E-state index in [0.29, 0.717) is 0 Å². The molecular weight excluding hydrogens is 218 g/mol. The summed E-state index contributed by atoms with van der Waals surface area (Å²) in [5, 5.41) is 6.04. The molecule has 0 saturated heterocycles. The largest absolute Gasteiger partial charge is 0.394 e. The van der Waals surface area contributed by atoms with Crippen LogP contribution < -0.4 is 15.2 Å². The van der Waals surface area contributed by atoms with Gasteiger partial charge in [0.25, 0.3) is 0 Å². The molecular formula is C7H15N5O2S. The highest BCUT2D eigenvalue weighted by Crippen LogP contribution is 2.14. The first kappa shape index (κ1) is 11.8. The molecule has 0 atom stereocenters. The van der Waals surface area contributed by atoms with Crippen LogP contribution in [0.4, 0.5) is 11.5 Å². The van der Waals surface area contributed by atoms with E-state index in [9.17, 15) is 8.42 Å². The first-order chi connectivity index (χ1) is 6.70. The minimum Gasteiger partial charge on any atom is -0.394 e. The molecule has 0 aliphatic rings. The van der Waals surface area contributed by atoms with Crippen LogP contribution in [0.25, 0.3) is 0 Å². The molecule has 1 aromatic heterocycles. The van der Waals surface area contributed by atoms with Crippen molar-refractivity contribution in [3.05, 3.63) is 6.20 Å². The second-order valence-corrected chi connectivity index (χ2v) is 5.57. The number of nitrogen functional groups attached to an aromatic ring is 1. The molecule has 5 N–H and O–H groups in total. The van der Waals surface area contributed by atoms with E-state index in [2.05, 4.69) is 19.6 Å². The van der Waals surface area contributed by atoms with Crippen molar-refractivity contribution in [1.29, 1.82) is 0 Å². The Hall–Kier alpha value is -1.28. The minimum absolute atomic E-state index is 0.159. The summed E-state index contributed by atoms with van der Waals surface area (Å²) in [5.74, 6) is 0.159. The minimum atomic E-state index is -3.64. The quantitative estimate of drug-likeness (QED) is 0.590. The zero-order chi connectivity index (χ0) is 11.7. The number of hydrogen-bond donors (Lipinski definition) is 4. The number of hydrogen-bond acceptors (Lipinski definition) is 4. The van der Waals surface area contributed by atoms with Gasteiger partial charge in [-0.3, -0.25) is 9.82 Å².